The minimum absolute atomic E-state index is 0.188. The maximum Gasteiger partial charge on any atom is 0.405 e. The lowest BCUT2D eigenvalue weighted by Crippen LogP contribution is -2.39. The smallest absolute Gasteiger partial charge is 0.302 e. The Hall–Kier alpha value is -0.760. The average Bonchev–Trinajstić information content (AvgIpc) is 2.13. The predicted octanol–water partition coefficient (Wildman–Crippen LogP) is 2.81. The molecular weight excluding hydrogens is 217 g/mol. The van der Waals surface area contributed by atoms with Gasteiger partial charge in [0, 0.05) is 13.1 Å². The fourth-order valence-electron chi connectivity index (χ4n) is 1.85. The van der Waals surface area contributed by atoms with Crippen LogP contribution in [0, 0.1) is 23.2 Å². The first-order valence-corrected chi connectivity index (χ1v) is 5.66. The van der Waals surface area contributed by atoms with E-state index in [0.29, 0.717) is 19.0 Å². The van der Waals surface area contributed by atoms with Gasteiger partial charge in [-0.1, -0.05) is 13.3 Å². The van der Waals surface area contributed by atoms with Gasteiger partial charge in [-0.2, -0.15) is 18.4 Å². The Balaban J connectivity index is 2.44. The van der Waals surface area contributed by atoms with Gasteiger partial charge in [0.15, 0.2) is 5.92 Å². The molecule has 0 heterocycles. The lowest BCUT2D eigenvalue weighted by atomic mass is 9.85. The molecule has 0 amide bonds. The second kappa shape index (κ2) is 5.53. The van der Waals surface area contributed by atoms with E-state index in [-0.39, 0.29) is 6.54 Å². The molecule has 2 nitrogen and oxygen atoms in total. The highest BCUT2D eigenvalue weighted by Crippen LogP contribution is 2.29. The SMILES string of the molecule is CCN(CC1CCC1)CC(C#N)C(F)(F)F. The van der Waals surface area contributed by atoms with Gasteiger partial charge in [0.25, 0.3) is 0 Å². The molecule has 1 atom stereocenters. The first-order valence-electron chi connectivity index (χ1n) is 5.66. The fourth-order valence-corrected chi connectivity index (χ4v) is 1.85. The molecule has 0 aromatic rings. The molecule has 1 saturated carbocycles. The first-order chi connectivity index (χ1) is 7.47. The van der Waals surface area contributed by atoms with Crippen molar-refractivity contribution in [2.75, 3.05) is 19.6 Å². The number of nitrogens with zero attached hydrogens (tertiary/aromatic N) is 2. The molecule has 1 unspecified atom stereocenters. The van der Waals surface area contributed by atoms with Crippen LogP contribution in [0.25, 0.3) is 0 Å². The molecule has 0 spiro atoms. The zero-order valence-electron chi connectivity index (χ0n) is 9.43. The third-order valence-electron chi connectivity index (χ3n) is 3.18. The van der Waals surface area contributed by atoms with Crippen molar-refractivity contribution in [3.63, 3.8) is 0 Å². The third kappa shape index (κ3) is 3.67. The van der Waals surface area contributed by atoms with Crippen molar-refractivity contribution in [3.8, 4) is 6.07 Å². The summed E-state index contributed by atoms with van der Waals surface area (Å²) in [5.41, 5.74) is 0. The van der Waals surface area contributed by atoms with Crippen LogP contribution in [-0.4, -0.2) is 30.7 Å². The molecule has 0 radical (unpaired) electrons. The molecule has 1 aliphatic rings. The van der Waals surface area contributed by atoms with E-state index in [0.717, 1.165) is 12.8 Å². The summed E-state index contributed by atoms with van der Waals surface area (Å²) in [6.07, 6.45) is -0.996. The highest BCUT2D eigenvalue weighted by atomic mass is 19.4. The van der Waals surface area contributed by atoms with Crippen molar-refractivity contribution >= 4 is 0 Å². The van der Waals surface area contributed by atoms with E-state index >= 15 is 0 Å². The quantitative estimate of drug-likeness (QED) is 0.731. The molecule has 0 aliphatic heterocycles. The first kappa shape index (κ1) is 13.3. The Morgan fingerprint density at radius 2 is 2.06 bits per heavy atom. The minimum atomic E-state index is -4.40. The number of alkyl halides is 3. The molecule has 1 aliphatic carbocycles. The van der Waals surface area contributed by atoms with Crippen LogP contribution in [0.2, 0.25) is 0 Å². The van der Waals surface area contributed by atoms with Crippen LogP contribution in [0.3, 0.4) is 0 Å². The normalized spacial score (nSPS) is 19.2. The Bertz CT molecular complexity index is 253. The van der Waals surface area contributed by atoms with Crippen molar-refractivity contribution in [1.82, 2.24) is 4.90 Å². The van der Waals surface area contributed by atoms with Gasteiger partial charge in [0.1, 0.15) is 0 Å². The van der Waals surface area contributed by atoms with Crippen LogP contribution in [-0.2, 0) is 0 Å². The molecule has 0 bridgehead atoms. The van der Waals surface area contributed by atoms with E-state index in [1.54, 1.807) is 4.90 Å². The lowest BCUT2D eigenvalue weighted by Gasteiger charge is -2.32. The topological polar surface area (TPSA) is 27.0 Å². The van der Waals surface area contributed by atoms with Crippen molar-refractivity contribution in [2.45, 2.75) is 32.4 Å². The number of nitriles is 1. The van der Waals surface area contributed by atoms with Gasteiger partial charge in [0.2, 0.25) is 0 Å². The van der Waals surface area contributed by atoms with Crippen LogP contribution in [0.4, 0.5) is 13.2 Å². The van der Waals surface area contributed by atoms with E-state index in [1.165, 1.54) is 12.5 Å². The van der Waals surface area contributed by atoms with Gasteiger partial charge in [-0.25, -0.2) is 0 Å². The van der Waals surface area contributed by atoms with Gasteiger partial charge in [-0.05, 0) is 25.3 Å². The lowest BCUT2D eigenvalue weighted by molar-refractivity contribution is -0.163. The molecule has 0 saturated heterocycles. The molecule has 0 N–H and O–H groups in total. The molecule has 92 valence electrons. The van der Waals surface area contributed by atoms with Gasteiger partial charge in [-0.3, -0.25) is 0 Å². The van der Waals surface area contributed by atoms with Crippen molar-refractivity contribution in [2.24, 2.45) is 11.8 Å². The van der Waals surface area contributed by atoms with Gasteiger partial charge in [0.05, 0.1) is 6.07 Å². The summed E-state index contributed by atoms with van der Waals surface area (Å²) in [4.78, 5) is 1.74. The molecule has 0 aromatic heterocycles. The minimum Gasteiger partial charge on any atom is -0.302 e. The van der Waals surface area contributed by atoms with Gasteiger partial charge >= 0.3 is 6.18 Å². The molecule has 1 fully saturated rings. The Morgan fingerprint density at radius 1 is 1.44 bits per heavy atom. The second-order valence-electron chi connectivity index (χ2n) is 4.37. The number of halogens is 3. The largest absolute Gasteiger partial charge is 0.405 e. The van der Waals surface area contributed by atoms with E-state index in [2.05, 4.69) is 0 Å². The molecular formula is C11H17F3N2. The van der Waals surface area contributed by atoms with E-state index in [1.807, 2.05) is 6.92 Å². The summed E-state index contributed by atoms with van der Waals surface area (Å²) in [6, 6.07) is 1.35. The average molecular weight is 234 g/mol. The highest BCUT2D eigenvalue weighted by molar-refractivity contribution is 4.91. The summed E-state index contributed by atoms with van der Waals surface area (Å²) in [7, 11) is 0. The van der Waals surface area contributed by atoms with Crippen LogP contribution in [0.1, 0.15) is 26.2 Å². The Morgan fingerprint density at radius 3 is 2.38 bits per heavy atom. The van der Waals surface area contributed by atoms with Crippen LogP contribution in [0.5, 0.6) is 0 Å². The summed E-state index contributed by atoms with van der Waals surface area (Å²) in [5, 5.41) is 8.51. The number of hydrogen-bond donors (Lipinski definition) is 0. The molecule has 0 aromatic carbocycles. The van der Waals surface area contributed by atoms with Gasteiger partial charge in [-0.15, -0.1) is 0 Å². The second-order valence-corrected chi connectivity index (χ2v) is 4.37. The molecule has 1 rings (SSSR count). The predicted molar refractivity (Wildman–Crippen MR) is 54.6 cm³/mol. The zero-order chi connectivity index (χ0) is 12.2. The standard InChI is InChI=1S/C11H17F3N2/c1-2-16(7-9-4-3-5-9)8-10(6-15)11(12,13)14/h9-10H,2-5,7-8H2,1H3. The third-order valence-corrected chi connectivity index (χ3v) is 3.18. The number of hydrogen-bond acceptors (Lipinski definition) is 2. The summed E-state index contributed by atoms with van der Waals surface area (Å²) in [5.74, 6) is -1.32. The maximum absolute atomic E-state index is 12.4. The van der Waals surface area contributed by atoms with Crippen molar-refractivity contribution < 1.29 is 13.2 Å². The maximum atomic E-state index is 12.4. The van der Waals surface area contributed by atoms with Crippen molar-refractivity contribution in [3.05, 3.63) is 0 Å². The Labute approximate surface area is 94.0 Å². The van der Waals surface area contributed by atoms with E-state index in [4.69, 9.17) is 5.26 Å². The highest BCUT2D eigenvalue weighted by Gasteiger charge is 2.40. The fraction of sp³-hybridized carbons (Fsp3) is 0.909. The van der Waals surface area contributed by atoms with Crippen LogP contribution < -0.4 is 0 Å². The van der Waals surface area contributed by atoms with Gasteiger partial charge < -0.3 is 4.90 Å². The molecule has 5 heteroatoms. The van der Waals surface area contributed by atoms with Crippen molar-refractivity contribution in [1.29, 1.82) is 5.26 Å². The number of rotatable bonds is 5. The van der Waals surface area contributed by atoms with E-state index < -0.39 is 12.1 Å². The molecule has 16 heavy (non-hydrogen) atoms. The van der Waals surface area contributed by atoms with E-state index in [9.17, 15) is 13.2 Å². The monoisotopic (exact) mass is 234 g/mol. The Kier molecular flexibility index (Phi) is 4.60. The van der Waals surface area contributed by atoms with Crippen LogP contribution >= 0.6 is 0 Å². The summed E-state index contributed by atoms with van der Waals surface area (Å²) < 4.78 is 37.2. The zero-order valence-corrected chi connectivity index (χ0v) is 9.43. The summed E-state index contributed by atoms with van der Waals surface area (Å²) >= 11 is 0. The summed E-state index contributed by atoms with van der Waals surface area (Å²) in [6.45, 7) is 2.92. The van der Waals surface area contributed by atoms with Crippen LogP contribution in [0.15, 0.2) is 0 Å².